The van der Waals surface area contributed by atoms with Gasteiger partial charge in [0.1, 0.15) is 0 Å². The van der Waals surface area contributed by atoms with E-state index < -0.39 is 21.3 Å². The lowest BCUT2D eigenvalue weighted by molar-refractivity contribution is -0.116. The fourth-order valence-electron chi connectivity index (χ4n) is 2.83. The van der Waals surface area contributed by atoms with Crippen molar-refractivity contribution in [3.8, 4) is 23.0 Å². The second-order valence-corrected chi connectivity index (χ2v) is 8.53. The van der Waals surface area contributed by atoms with Crippen molar-refractivity contribution in [3.63, 3.8) is 0 Å². The van der Waals surface area contributed by atoms with Crippen molar-refractivity contribution >= 4 is 21.4 Å². The van der Waals surface area contributed by atoms with Gasteiger partial charge >= 0.3 is 0 Å². The van der Waals surface area contributed by atoms with Crippen LogP contribution in [0.25, 0.3) is 0 Å². The van der Waals surface area contributed by atoms with E-state index in [1.165, 1.54) is 48.2 Å². The molecule has 9 heteroatoms. The predicted molar refractivity (Wildman–Crippen MR) is 108 cm³/mol. The van der Waals surface area contributed by atoms with Gasteiger partial charge in [-0.25, -0.2) is 8.42 Å². The van der Waals surface area contributed by atoms with Crippen molar-refractivity contribution in [1.82, 2.24) is 0 Å². The summed E-state index contributed by atoms with van der Waals surface area (Å²) in [6.45, 7) is 1.46. The molecule has 0 spiro atoms. The average Bonchev–Trinajstić information content (AvgIpc) is 2.70. The first-order chi connectivity index (χ1) is 14.1. The Hall–Kier alpha value is -3.72. The van der Waals surface area contributed by atoms with E-state index in [9.17, 15) is 33.6 Å². The number of carbonyl (C=O) groups is 1. The van der Waals surface area contributed by atoms with Gasteiger partial charge in [0.25, 0.3) is 0 Å². The summed E-state index contributed by atoms with van der Waals surface area (Å²) in [4.78, 5) is 13.2. The smallest absolute Gasteiger partial charge is 0.224 e. The van der Waals surface area contributed by atoms with Crippen LogP contribution in [0.2, 0.25) is 0 Å². The molecule has 0 heterocycles. The van der Waals surface area contributed by atoms with Crippen LogP contribution >= 0.6 is 0 Å². The average molecular weight is 429 g/mol. The highest BCUT2D eigenvalue weighted by atomic mass is 32.2. The number of carbonyl (C=O) groups excluding carboxylic acids is 1. The highest BCUT2D eigenvalue weighted by Crippen LogP contribution is 2.32. The van der Waals surface area contributed by atoms with Gasteiger partial charge in [-0.05, 0) is 42.0 Å². The topological polar surface area (TPSA) is 135 Å². The van der Waals surface area contributed by atoms with Crippen molar-refractivity contribution in [1.29, 1.82) is 0 Å². The molecule has 0 bridgehead atoms. The maximum atomic E-state index is 12.7. The monoisotopic (exact) mass is 429 g/mol. The first-order valence-corrected chi connectivity index (χ1v) is 10.2. The van der Waals surface area contributed by atoms with Gasteiger partial charge < -0.3 is 25.3 Å². The molecule has 3 aromatic carbocycles. The molecule has 0 saturated heterocycles. The van der Waals surface area contributed by atoms with Gasteiger partial charge in [-0.1, -0.05) is 12.1 Å². The van der Waals surface area contributed by atoms with Crippen LogP contribution in [0.5, 0.6) is 23.0 Å². The minimum Gasteiger partial charge on any atom is -0.504 e. The zero-order chi connectivity index (χ0) is 22.1. The van der Waals surface area contributed by atoms with Crippen LogP contribution in [0.4, 0.5) is 5.69 Å². The third-order valence-corrected chi connectivity index (χ3v) is 6.25. The Labute approximate surface area is 172 Å². The Bertz CT molecular complexity index is 1200. The van der Waals surface area contributed by atoms with Crippen LogP contribution in [-0.2, 0) is 21.2 Å². The Kier molecular flexibility index (Phi) is 5.57. The summed E-state index contributed by atoms with van der Waals surface area (Å²) in [6, 6.07) is 13.1. The molecule has 1 amide bonds. The lowest BCUT2D eigenvalue weighted by Gasteiger charge is -2.22. The summed E-state index contributed by atoms with van der Waals surface area (Å²) in [5.41, 5.74) is 0.999. The number of anilines is 1. The standard InChI is InChI=1S/C21H19NO7S/c1-13(23)22(15-4-8-18(24)20(26)10-15)12-14-2-5-16(6-3-14)30(28,29)17-7-9-19(25)21(27)11-17/h2-11,24-27H,12H2,1H3. The molecule has 0 atom stereocenters. The Morgan fingerprint density at radius 3 is 1.83 bits per heavy atom. The van der Waals surface area contributed by atoms with Crippen LogP contribution in [0, 0.1) is 0 Å². The number of benzene rings is 3. The zero-order valence-electron chi connectivity index (χ0n) is 15.8. The van der Waals surface area contributed by atoms with Crippen LogP contribution in [0.3, 0.4) is 0 Å². The molecule has 0 unspecified atom stereocenters. The summed E-state index contributed by atoms with van der Waals surface area (Å²) in [5.74, 6) is -1.94. The van der Waals surface area contributed by atoms with Crippen LogP contribution in [0.1, 0.15) is 12.5 Å². The molecule has 30 heavy (non-hydrogen) atoms. The fourth-order valence-corrected chi connectivity index (χ4v) is 4.11. The van der Waals surface area contributed by atoms with E-state index in [1.807, 2.05) is 0 Å². The van der Waals surface area contributed by atoms with E-state index in [1.54, 1.807) is 12.1 Å². The van der Waals surface area contributed by atoms with Crippen LogP contribution < -0.4 is 4.90 Å². The number of nitrogens with zero attached hydrogens (tertiary/aromatic N) is 1. The largest absolute Gasteiger partial charge is 0.504 e. The second-order valence-electron chi connectivity index (χ2n) is 6.58. The summed E-state index contributed by atoms with van der Waals surface area (Å²) in [7, 11) is -3.91. The second kappa shape index (κ2) is 7.96. The van der Waals surface area contributed by atoms with Gasteiger partial charge in [-0.15, -0.1) is 0 Å². The van der Waals surface area contributed by atoms with Gasteiger partial charge in [0.05, 0.1) is 16.3 Å². The van der Waals surface area contributed by atoms with Crippen molar-refractivity contribution in [2.45, 2.75) is 23.3 Å². The van der Waals surface area contributed by atoms with Gasteiger partial charge in [0.2, 0.25) is 15.7 Å². The molecule has 0 aromatic heterocycles. The molecule has 0 saturated carbocycles. The van der Waals surface area contributed by atoms with Crippen molar-refractivity contribution in [3.05, 3.63) is 66.2 Å². The fraction of sp³-hybridized carbons (Fsp3) is 0.0952. The number of phenols is 4. The Balaban J connectivity index is 1.87. The molecule has 3 aromatic rings. The van der Waals surface area contributed by atoms with E-state index in [0.29, 0.717) is 11.3 Å². The van der Waals surface area contributed by atoms with Gasteiger partial charge in [0, 0.05) is 24.7 Å². The quantitative estimate of drug-likeness (QED) is 0.458. The minimum absolute atomic E-state index is 0.0204. The highest BCUT2D eigenvalue weighted by molar-refractivity contribution is 7.91. The summed E-state index contributed by atoms with van der Waals surface area (Å²) >= 11 is 0. The van der Waals surface area contributed by atoms with Crippen LogP contribution in [0.15, 0.2) is 70.5 Å². The normalized spacial score (nSPS) is 11.2. The van der Waals surface area contributed by atoms with E-state index in [-0.39, 0.29) is 33.7 Å². The molecule has 8 nitrogen and oxygen atoms in total. The summed E-state index contributed by atoms with van der Waals surface area (Å²) in [6.07, 6.45) is 0. The summed E-state index contributed by atoms with van der Waals surface area (Å²) in [5, 5.41) is 38.1. The molecule has 3 rings (SSSR count). The number of hydrogen-bond donors (Lipinski definition) is 4. The molecular weight excluding hydrogens is 410 g/mol. The Morgan fingerprint density at radius 2 is 1.30 bits per heavy atom. The predicted octanol–water partition coefficient (Wildman–Crippen LogP) is 2.89. The molecule has 0 aliphatic heterocycles. The zero-order valence-corrected chi connectivity index (χ0v) is 16.7. The minimum atomic E-state index is -3.91. The molecule has 0 aliphatic rings. The van der Waals surface area contributed by atoms with E-state index in [0.717, 1.165) is 12.1 Å². The molecule has 0 radical (unpaired) electrons. The number of sulfone groups is 1. The molecule has 156 valence electrons. The van der Waals surface area contributed by atoms with Gasteiger partial charge in [0.15, 0.2) is 23.0 Å². The summed E-state index contributed by atoms with van der Waals surface area (Å²) < 4.78 is 25.4. The van der Waals surface area contributed by atoms with E-state index in [4.69, 9.17) is 0 Å². The molecular formula is C21H19NO7S. The SMILES string of the molecule is CC(=O)N(Cc1ccc(S(=O)(=O)c2ccc(O)c(O)c2)cc1)c1ccc(O)c(O)c1. The van der Waals surface area contributed by atoms with Crippen molar-refractivity contribution < 1.29 is 33.6 Å². The number of rotatable bonds is 5. The van der Waals surface area contributed by atoms with Crippen molar-refractivity contribution in [2.24, 2.45) is 0 Å². The van der Waals surface area contributed by atoms with E-state index in [2.05, 4.69) is 0 Å². The number of aromatic hydroxyl groups is 4. The number of phenolic OH excluding ortho intramolecular Hbond substituents is 4. The third-order valence-electron chi connectivity index (χ3n) is 4.48. The van der Waals surface area contributed by atoms with Crippen LogP contribution in [-0.4, -0.2) is 34.8 Å². The number of amides is 1. The molecule has 0 fully saturated rings. The third kappa shape index (κ3) is 4.15. The lowest BCUT2D eigenvalue weighted by atomic mass is 10.2. The maximum absolute atomic E-state index is 12.7. The first-order valence-electron chi connectivity index (χ1n) is 8.75. The van der Waals surface area contributed by atoms with Gasteiger partial charge in [-0.2, -0.15) is 0 Å². The lowest BCUT2D eigenvalue weighted by Crippen LogP contribution is -2.27. The van der Waals surface area contributed by atoms with Crippen molar-refractivity contribution in [2.75, 3.05) is 4.90 Å². The van der Waals surface area contributed by atoms with E-state index >= 15 is 0 Å². The molecule has 0 aliphatic carbocycles. The first kappa shape index (κ1) is 21.0. The van der Waals surface area contributed by atoms with Gasteiger partial charge in [-0.3, -0.25) is 4.79 Å². The maximum Gasteiger partial charge on any atom is 0.224 e. The molecule has 4 N–H and O–H groups in total. The number of hydrogen-bond acceptors (Lipinski definition) is 7. The highest BCUT2D eigenvalue weighted by Gasteiger charge is 2.20. The Morgan fingerprint density at radius 1 is 0.767 bits per heavy atom.